The SMILES string of the molecule is CC(C(=O)c1ccc(Cl)cc1)[n+]1cccc(C(=O)NCc2ccccc2)c1.[Br-]. The fourth-order valence-electron chi connectivity index (χ4n) is 2.74. The van der Waals surface area contributed by atoms with Gasteiger partial charge in [-0.3, -0.25) is 9.59 Å². The average Bonchev–Trinajstić information content (AvgIpc) is 2.72. The van der Waals surface area contributed by atoms with Crippen molar-refractivity contribution in [2.75, 3.05) is 0 Å². The van der Waals surface area contributed by atoms with Crippen LogP contribution in [0.15, 0.2) is 79.1 Å². The van der Waals surface area contributed by atoms with E-state index in [1.165, 1.54) is 0 Å². The van der Waals surface area contributed by atoms with Gasteiger partial charge in [-0.2, -0.15) is 4.57 Å². The lowest BCUT2D eigenvalue weighted by Gasteiger charge is -2.08. The van der Waals surface area contributed by atoms with Gasteiger partial charge in [0.05, 0.1) is 0 Å². The highest BCUT2D eigenvalue weighted by molar-refractivity contribution is 6.30. The van der Waals surface area contributed by atoms with Gasteiger partial charge in [0.25, 0.3) is 5.91 Å². The molecule has 2 aromatic carbocycles. The fourth-order valence-corrected chi connectivity index (χ4v) is 2.86. The van der Waals surface area contributed by atoms with E-state index in [9.17, 15) is 9.59 Å². The number of pyridine rings is 1. The lowest BCUT2D eigenvalue weighted by molar-refractivity contribution is -0.704. The van der Waals surface area contributed by atoms with Crippen LogP contribution < -0.4 is 26.9 Å². The average molecular weight is 460 g/mol. The molecule has 0 aliphatic rings. The van der Waals surface area contributed by atoms with Gasteiger partial charge in [-0.15, -0.1) is 0 Å². The molecule has 0 bridgehead atoms. The summed E-state index contributed by atoms with van der Waals surface area (Å²) in [5, 5.41) is 3.48. The van der Waals surface area contributed by atoms with Crippen molar-refractivity contribution >= 4 is 23.3 Å². The van der Waals surface area contributed by atoms with Gasteiger partial charge in [-0.05, 0) is 35.9 Å². The number of rotatable bonds is 6. The molecule has 1 unspecified atom stereocenters. The van der Waals surface area contributed by atoms with E-state index < -0.39 is 6.04 Å². The van der Waals surface area contributed by atoms with E-state index in [2.05, 4.69) is 5.32 Å². The number of nitrogens with one attached hydrogen (secondary N) is 1. The first-order valence-corrected chi connectivity index (χ1v) is 9.05. The minimum atomic E-state index is -0.437. The lowest BCUT2D eigenvalue weighted by Crippen LogP contribution is -3.00. The fraction of sp³-hybridized carbons (Fsp3) is 0.136. The van der Waals surface area contributed by atoms with Gasteiger partial charge in [-0.1, -0.05) is 41.9 Å². The van der Waals surface area contributed by atoms with E-state index in [-0.39, 0.29) is 28.7 Å². The van der Waals surface area contributed by atoms with Crippen molar-refractivity contribution < 1.29 is 31.1 Å². The van der Waals surface area contributed by atoms with Gasteiger partial charge in [-0.25, -0.2) is 0 Å². The maximum absolute atomic E-state index is 12.7. The van der Waals surface area contributed by atoms with Crippen molar-refractivity contribution in [3.63, 3.8) is 0 Å². The molecule has 0 fully saturated rings. The Hall–Kier alpha value is -2.50. The molecule has 0 saturated heterocycles. The van der Waals surface area contributed by atoms with Crippen LogP contribution in [0.4, 0.5) is 0 Å². The quantitative estimate of drug-likeness (QED) is 0.442. The van der Waals surface area contributed by atoms with Gasteiger partial charge in [0.2, 0.25) is 11.8 Å². The third-order valence-corrected chi connectivity index (χ3v) is 4.59. The Balaban J connectivity index is 0.00000280. The molecule has 1 N–H and O–H groups in total. The van der Waals surface area contributed by atoms with Gasteiger partial charge in [0, 0.05) is 30.1 Å². The molecular formula is C22H20BrClN2O2. The van der Waals surface area contributed by atoms with Gasteiger partial charge >= 0.3 is 0 Å². The van der Waals surface area contributed by atoms with Crippen molar-refractivity contribution in [1.29, 1.82) is 0 Å². The Morgan fingerprint density at radius 2 is 1.64 bits per heavy atom. The number of Topliss-reactive ketones (excluding diaryl/α,β-unsaturated/α-hetero) is 1. The Morgan fingerprint density at radius 3 is 2.32 bits per heavy atom. The molecule has 3 aromatic rings. The summed E-state index contributed by atoms with van der Waals surface area (Å²) in [6.07, 6.45) is 3.48. The highest BCUT2D eigenvalue weighted by Crippen LogP contribution is 2.14. The molecule has 0 aliphatic heterocycles. The minimum Gasteiger partial charge on any atom is -1.00 e. The highest BCUT2D eigenvalue weighted by atomic mass is 79.9. The number of ketones is 1. The molecule has 28 heavy (non-hydrogen) atoms. The first kappa shape index (κ1) is 21.8. The third kappa shape index (κ3) is 5.50. The van der Waals surface area contributed by atoms with Gasteiger partial charge < -0.3 is 22.3 Å². The molecular weight excluding hydrogens is 440 g/mol. The molecule has 144 valence electrons. The molecule has 1 amide bonds. The monoisotopic (exact) mass is 458 g/mol. The molecule has 0 spiro atoms. The third-order valence-electron chi connectivity index (χ3n) is 4.34. The smallest absolute Gasteiger partial charge is 0.257 e. The molecule has 0 radical (unpaired) electrons. The Bertz CT molecular complexity index is 946. The number of amides is 1. The second-order valence-corrected chi connectivity index (χ2v) is 6.69. The Kier molecular flexibility index (Phi) is 7.91. The van der Waals surface area contributed by atoms with Crippen molar-refractivity contribution in [1.82, 2.24) is 5.32 Å². The second-order valence-electron chi connectivity index (χ2n) is 6.26. The standard InChI is InChI=1S/C22H19ClN2O2.BrH/c1-16(21(26)18-9-11-20(23)12-10-18)25-13-5-8-19(15-25)22(27)24-14-17-6-3-2-4-7-17;/h2-13,15-16H,14H2,1H3;1H. The maximum Gasteiger partial charge on any atom is 0.257 e. The van der Waals surface area contributed by atoms with Crippen LogP contribution in [0.3, 0.4) is 0 Å². The zero-order valence-corrected chi connectivity index (χ0v) is 17.7. The Labute approximate surface area is 179 Å². The van der Waals surface area contributed by atoms with Crippen molar-refractivity contribution in [3.05, 3.63) is 101 Å². The predicted octanol–water partition coefficient (Wildman–Crippen LogP) is 1.01. The molecule has 1 atom stereocenters. The predicted molar refractivity (Wildman–Crippen MR) is 105 cm³/mol. The number of hydrogen-bond donors (Lipinski definition) is 1. The van der Waals surface area contributed by atoms with E-state index in [0.29, 0.717) is 22.7 Å². The summed E-state index contributed by atoms with van der Waals surface area (Å²) in [4.78, 5) is 25.1. The van der Waals surface area contributed by atoms with E-state index >= 15 is 0 Å². The summed E-state index contributed by atoms with van der Waals surface area (Å²) in [6, 6.07) is 19.6. The first-order chi connectivity index (χ1) is 13.0. The lowest BCUT2D eigenvalue weighted by atomic mass is 10.1. The van der Waals surface area contributed by atoms with Crippen LogP contribution in [-0.2, 0) is 6.54 Å². The number of hydrogen-bond acceptors (Lipinski definition) is 2. The molecule has 6 heteroatoms. The molecule has 4 nitrogen and oxygen atoms in total. The van der Waals surface area contributed by atoms with Crippen LogP contribution in [0.1, 0.15) is 39.2 Å². The topological polar surface area (TPSA) is 50.0 Å². The zero-order chi connectivity index (χ0) is 19.2. The largest absolute Gasteiger partial charge is 1.00 e. The van der Waals surface area contributed by atoms with Gasteiger partial charge in [0.1, 0.15) is 5.56 Å². The highest BCUT2D eigenvalue weighted by Gasteiger charge is 2.24. The van der Waals surface area contributed by atoms with Crippen molar-refractivity contribution in [3.8, 4) is 0 Å². The molecule has 0 saturated carbocycles. The summed E-state index contributed by atoms with van der Waals surface area (Å²) < 4.78 is 1.74. The first-order valence-electron chi connectivity index (χ1n) is 8.67. The minimum absolute atomic E-state index is 0. The van der Waals surface area contributed by atoms with Gasteiger partial charge in [0.15, 0.2) is 12.4 Å². The normalized spacial score (nSPS) is 11.2. The maximum atomic E-state index is 12.7. The molecule has 1 aromatic heterocycles. The van der Waals surface area contributed by atoms with Crippen LogP contribution in [0.25, 0.3) is 0 Å². The summed E-state index contributed by atoms with van der Waals surface area (Å²) in [6.45, 7) is 2.26. The summed E-state index contributed by atoms with van der Waals surface area (Å²) in [5.41, 5.74) is 2.11. The van der Waals surface area contributed by atoms with Crippen molar-refractivity contribution in [2.45, 2.75) is 19.5 Å². The Morgan fingerprint density at radius 1 is 0.964 bits per heavy atom. The van der Waals surface area contributed by atoms with E-state index in [4.69, 9.17) is 11.6 Å². The molecule has 3 rings (SSSR count). The number of nitrogens with zero attached hydrogens (tertiary/aromatic N) is 1. The number of halogens is 2. The van der Waals surface area contributed by atoms with E-state index in [1.807, 2.05) is 37.3 Å². The summed E-state index contributed by atoms with van der Waals surface area (Å²) in [7, 11) is 0. The second kappa shape index (κ2) is 10.2. The van der Waals surface area contributed by atoms with Crippen LogP contribution in [0.2, 0.25) is 5.02 Å². The van der Waals surface area contributed by atoms with Crippen LogP contribution in [-0.4, -0.2) is 11.7 Å². The summed E-state index contributed by atoms with van der Waals surface area (Å²) >= 11 is 5.88. The number of carbonyl (C=O) groups excluding carboxylic acids is 2. The zero-order valence-electron chi connectivity index (χ0n) is 15.3. The molecule has 1 heterocycles. The van der Waals surface area contributed by atoms with Crippen LogP contribution in [0.5, 0.6) is 0 Å². The number of aromatic nitrogens is 1. The number of carbonyl (C=O) groups is 2. The van der Waals surface area contributed by atoms with E-state index in [0.717, 1.165) is 5.56 Å². The van der Waals surface area contributed by atoms with Crippen molar-refractivity contribution in [2.24, 2.45) is 0 Å². The van der Waals surface area contributed by atoms with Crippen LogP contribution >= 0.6 is 11.6 Å². The van der Waals surface area contributed by atoms with E-state index in [1.54, 1.807) is 53.4 Å². The van der Waals surface area contributed by atoms with Crippen LogP contribution in [0, 0.1) is 0 Å². The summed E-state index contributed by atoms with van der Waals surface area (Å²) in [5.74, 6) is -0.224. The molecule has 0 aliphatic carbocycles. The number of benzene rings is 2.